The zero-order valence-corrected chi connectivity index (χ0v) is 21.1. The highest BCUT2D eigenvalue weighted by molar-refractivity contribution is 6.05. The number of nitrogens with one attached hydrogen (secondary N) is 2. The van der Waals surface area contributed by atoms with Crippen molar-refractivity contribution in [2.45, 2.75) is 32.4 Å². The van der Waals surface area contributed by atoms with Crippen LogP contribution in [0.25, 0.3) is 11.1 Å². The average Bonchev–Trinajstić information content (AvgIpc) is 3.71. The van der Waals surface area contributed by atoms with Crippen molar-refractivity contribution < 1.29 is 9.59 Å². The highest BCUT2D eigenvalue weighted by Crippen LogP contribution is 2.27. The van der Waals surface area contributed by atoms with Crippen LogP contribution in [0, 0.1) is 6.92 Å². The van der Waals surface area contributed by atoms with E-state index in [0.717, 1.165) is 73.5 Å². The molecular formula is C30H34N4O2. The van der Waals surface area contributed by atoms with Crippen LogP contribution in [0.15, 0.2) is 66.7 Å². The summed E-state index contributed by atoms with van der Waals surface area (Å²) >= 11 is 0. The second kappa shape index (κ2) is 10.6. The number of anilines is 1. The van der Waals surface area contributed by atoms with Crippen LogP contribution in [0.3, 0.4) is 0 Å². The van der Waals surface area contributed by atoms with Crippen molar-refractivity contribution in [2.75, 3.05) is 38.5 Å². The first kappa shape index (κ1) is 24.2. The molecule has 2 N–H and O–H groups in total. The SMILES string of the molecule is Cc1ccc(C(=O)NC2CC2)cc1-c1ccc(C(=O)Nc2ccccc2CN2CCN(C)CC2)cc1. The van der Waals surface area contributed by atoms with E-state index in [1.54, 1.807) is 0 Å². The third-order valence-corrected chi connectivity index (χ3v) is 7.13. The topological polar surface area (TPSA) is 64.7 Å². The normalized spacial score (nSPS) is 16.5. The minimum absolute atomic E-state index is 0.0232. The van der Waals surface area contributed by atoms with Crippen molar-refractivity contribution in [2.24, 2.45) is 0 Å². The van der Waals surface area contributed by atoms with Crippen molar-refractivity contribution in [3.8, 4) is 11.1 Å². The summed E-state index contributed by atoms with van der Waals surface area (Å²) in [5.74, 6) is -0.147. The van der Waals surface area contributed by atoms with Gasteiger partial charge in [0.15, 0.2) is 0 Å². The molecule has 0 radical (unpaired) electrons. The van der Waals surface area contributed by atoms with Gasteiger partial charge >= 0.3 is 0 Å². The third-order valence-electron chi connectivity index (χ3n) is 7.13. The molecule has 5 rings (SSSR count). The Morgan fingerprint density at radius 3 is 2.28 bits per heavy atom. The smallest absolute Gasteiger partial charge is 0.255 e. The minimum atomic E-state index is -0.123. The van der Waals surface area contributed by atoms with Gasteiger partial charge in [0.1, 0.15) is 0 Å². The first-order valence-corrected chi connectivity index (χ1v) is 12.8. The van der Waals surface area contributed by atoms with Crippen molar-refractivity contribution in [1.82, 2.24) is 15.1 Å². The van der Waals surface area contributed by atoms with E-state index in [0.29, 0.717) is 17.2 Å². The number of hydrogen-bond acceptors (Lipinski definition) is 4. The van der Waals surface area contributed by atoms with Gasteiger partial charge in [-0.3, -0.25) is 14.5 Å². The van der Waals surface area contributed by atoms with Gasteiger partial charge in [0.25, 0.3) is 11.8 Å². The van der Waals surface area contributed by atoms with Crippen molar-refractivity contribution >= 4 is 17.5 Å². The Hall–Kier alpha value is -3.48. The number of rotatable bonds is 7. The van der Waals surface area contributed by atoms with E-state index >= 15 is 0 Å². The van der Waals surface area contributed by atoms with E-state index in [2.05, 4.69) is 33.5 Å². The number of hydrogen-bond donors (Lipinski definition) is 2. The Labute approximate surface area is 213 Å². The van der Waals surface area contributed by atoms with Gasteiger partial charge in [0, 0.05) is 55.6 Å². The van der Waals surface area contributed by atoms with Gasteiger partial charge in [-0.1, -0.05) is 36.4 Å². The van der Waals surface area contributed by atoms with E-state index in [4.69, 9.17) is 0 Å². The number of carbonyl (C=O) groups excluding carboxylic acids is 2. The molecule has 1 saturated heterocycles. The second-order valence-electron chi connectivity index (χ2n) is 10.0. The molecule has 0 spiro atoms. The Morgan fingerprint density at radius 1 is 0.861 bits per heavy atom. The molecule has 186 valence electrons. The van der Waals surface area contributed by atoms with Gasteiger partial charge in [-0.15, -0.1) is 0 Å². The van der Waals surface area contributed by atoms with Crippen molar-refractivity contribution in [3.05, 3.63) is 89.0 Å². The van der Waals surface area contributed by atoms with Crippen LogP contribution in [0.1, 0.15) is 44.7 Å². The van der Waals surface area contributed by atoms with Crippen molar-refractivity contribution in [1.29, 1.82) is 0 Å². The first-order chi connectivity index (χ1) is 17.5. The molecule has 0 aromatic heterocycles. The van der Waals surface area contributed by atoms with E-state index in [9.17, 15) is 9.59 Å². The summed E-state index contributed by atoms with van der Waals surface area (Å²) in [6.45, 7) is 7.05. The summed E-state index contributed by atoms with van der Waals surface area (Å²) in [6, 6.07) is 21.8. The lowest BCUT2D eigenvalue weighted by molar-refractivity contribution is 0.0950. The lowest BCUT2D eigenvalue weighted by Crippen LogP contribution is -2.43. The van der Waals surface area contributed by atoms with Crippen LogP contribution in [0.5, 0.6) is 0 Å². The Kier molecular flexibility index (Phi) is 7.16. The predicted molar refractivity (Wildman–Crippen MR) is 144 cm³/mol. The van der Waals surface area contributed by atoms with Gasteiger partial charge in [-0.25, -0.2) is 0 Å². The van der Waals surface area contributed by atoms with Crippen LogP contribution in [0.2, 0.25) is 0 Å². The molecule has 3 aromatic carbocycles. The predicted octanol–water partition coefficient (Wildman–Crippen LogP) is 4.55. The number of amides is 2. The second-order valence-corrected chi connectivity index (χ2v) is 10.0. The molecular weight excluding hydrogens is 448 g/mol. The molecule has 0 atom stereocenters. The molecule has 1 saturated carbocycles. The molecule has 2 amide bonds. The van der Waals surface area contributed by atoms with Crippen LogP contribution in [-0.4, -0.2) is 60.9 Å². The van der Waals surface area contributed by atoms with Crippen molar-refractivity contribution in [3.63, 3.8) is 0 Å². The van der Waals surface area contributed by atoms with Gasteiger partial charge in [0.05, 0.1) is 0 Å². The maximum atomic E-state index is 13.1. The number of carbonyl (C=O) groups is 2. The lowest BCUT2D eigenvalue weighted by Gasteiger charge is -2.32. The first-order valence-electron chi connectivity index (χ1n) is 12.8. The van der Waals surface area contributed by atoms with E-state index in [1.807, 2.05) is 67.6 Å². The number of piperazine rings is 1. The summed E-state index contributed by atoms with van der Waals surface area (Å²) < 4.78 is 0. The van der Waals surface area contributed by atoms with Crippen LogP contribution in [0.4, 0.5) is 5.69 Å². The zero-order chi connectivity index (χ0) is 25.1. The summed E-state index contributed by atoms with van der Waals surface area (Å²) in [4.78, 5) is 30.4. The van der Waals surface area contributed by atoms with Gasteiger partial charge < -0.3 is 15.5 Å². The highest BCUT2D eigenvalue weighted by atomic mass is 16.2. The average molecular weight is 483 g/mol. The molecule has 0 bridgehead atoms. The van der Waals surface area contributed by atoms with E-state index in [-0.39, 0.29) is 11.8 Å². The van der Waals surface area contributed by atoms with E-state index < -0.39 is 0 Å². The number of aryl methyl sites for hydroxylation is 1. The standard InChI is InChI=1S/C30H34N4O2/c1-21-7-8-24(30(36)31-26-13-14-26)19-27(21)22-9-11-23(12-10-22)29(35)32-28-6-4-3-5-25(28)20-34-17-15-33(2)16-18-34/h3-12,19,26H,13-18,20H2,1-2H3,(H,31,36)(H,32,35). The number of para-hydroxylation sites is 1. The highest BCUT2D eigenvalue weighted by Gasteiger charge is 2.24. The zero-order valence-electron chi connectivity index (χ0n) is 21.1. The molecule has 6 heteroatoms. The molecule has 3 aromatic rings. The van der Waals surface area contributed by atoms with Crippen LogP contribution in [-0.2, 0) is 6.54 Å². The monoisotopic (exact) mass is 482 g/mol. The maximum absolute atomic E-state index is 13.1. The molecule has 36 heavy (non-hydrogen) atoms. The van der Waals surface area contributed by atoms with Crippen LogP contribution >= 0.6 is 0 Å². The fourth-order valence-corrected chi connectivity index (χ4v) is 4.59. The molecule has 0 unspecified atom stereocenters. The number of nitrogens with zero attached hydrogens (tertiary/aromatic N) is 2. The molecule has 2 aliphatic rings. The number of benzene rings is 3. The van der Waals surface area contributed by atoms with Gasteiger partial charge in [0.2, 0.25) is 0 Å². The van der Waals surface area contributed by atoms with E-state index in [1.165, 1.54) is 0 Å². The number of likely N-dealkylation sites (N-methyl/N-ethyl adjacent to an activating group) is 1. The van der Waals surface area contributed by atoms with Crippen LogP contribution < -0.4 is 10.6 Å². The fraction of sp³-hybridized carbons (Fsp3) is 0.333. The summed E-state index contributed by atoms with van der Waals surface area (Å²) in [5.41, 5.74) is 6.34. The summed E-state index contributed by atoms with van der Waals surface area (Å²) in [7, 11) is 2.15. The Balaban J connectivity index is 1.28. The Morgan fingerprint density at radius 2 is 1.56 bits per heavy atom. The third kappa shape index (κ3) is 5.83. The molecule has 6 nitrogen and oxygen atoms in total. The van der Waals surface area contributed by atoms with Gasteiger partial charge in [-0.2, -0.15) is 0 Å². The quantitative estimate of drug-likeness (QED) is 0.519. The molecule has 2 fully saturated rings. The Bertz CT molecular complexity index is 1240. The largest absolute Gasteiger partial charge is 0.349 e. The maximum Gasteiger partial charge on any atom is 0.255 e. The van der Waals surface area contributed by atoms with Gasteiger partial charge in [-0.05, 0) is 79.4 Å². The minimum Gasteiger partial charge on any atom is -0.349 e. The molecule has 1 aliphatic carbocycles. The summed E-state index contributed by atoms with van der Waals surface area (Å²) in [5, 5.41) is 6.17. The summed E-state index contributed by atoms with van der Waals surface area (Å²) in [6.07, 6.45) is 2.13. The fourth-order valence-electron chi connectivity index (χ4n) is 4.59. The molecule has 1 aliphatic heterocycles. The lowest BCUT2D eigenvalue weighted by atomic mass is 9.97. The molecule has 1 heterocycles.